The molecule has 1 aliphatic heterocycles. The van der Waals surface area contributed by atoms with Crippen molar-refractivity contribution in [3.63, 3.8) is 0 Å². The molecule has 1 saturated heterocycles. The fraction of sp³-hybridized carbons (Fsp3) is 0.500. The summed E-state index contributed by atoms with van der Waals surface area (Å²) in [5.74, 6) is -3.90. The molecule has 2 aromatic rings. The first-order valence-corrected chi connectivity index (χ1v) is 12.3. The number of nitrogens with zero attached hydrogens (tertiary/aromatic N) is 1. The van der Waals surface area contributed by atoms with Crippen LogP contribution >= 0.6 is 0 Å². The third-order valence-electron chi connectivity index (χ3n) is 5.79. The molecule has 41 heavy (non-hydrogen) atoms. The molecule has 0 bridgehead atoms. The van der Waals surface area contributed by atoms with Gasteiger partial charge in [0.05, 0.1) is 5.56 Å². The van der Waals surface area contributed by atoms with Crippen LogP contribution in [-0.2, 0) is 55.5 Å². The number of hydrogen-bond donors (Lipinski definition) is 1. The molecule has 0 amide bonds. The number of halogens is 3. The van der Waals surface area contributed by atoms with Crippen LogP contribution in [0.2, 0.25) is 0 Å². The number of aromatic nitrogens is 2. The molecule has 0 saturated carbocycles. The van der Waals surface area contributed by atoms with Gasteiger partial charge in [0.2, 0.25) is 18.3 Å². The van der Waals surface area contributed by atoms with E-state index in [-0.39, 0.29) is 12.0 Å². The van der Waals surface area contributed by atoms with E-state index in [2.05, 4.69) is 5.10 Å². The fourth-order valence-electron chi connectivity index (χ4n) is 4.15. The molecule has 1 unspecified atom stereocenters. The van der Waals surface area contributed by atoms with Crippen molar-refractivity contribution in [3.8, 4) is 5.88 Å². The van der Waals surface area contributed by atoms with Gasteiger partial charge >= 0.3 is 30.1 Å². The van der Waals surface area contributed by atoms with Crippen LogP contribution in [0.4, 0.5) is 13.2 Å². The standard InChI is InChI=1S/C26H29F3N2O10/c1-12-6-8-17(9-7-12)10-18-23(26(27,28)29)30-31-24(18)41-25-22(39-16(5)35)21(38-15(4)34)20(37-14(3)33)19(40-25)11-36-13(2)32/h6-9,19-22,25H,10-11H2,1-5H3,(H,30,31)/t19-,20-,21+,22-,25?/m1/s1. The minimum Gasteiger partial charge on any atom is -0.463 e. The number of alkyl halides is 3. The molecule has 2 heterocycles. The summed E-state index contributed by atoms with van der Waals surface area (Å²) in [5.41, 5.74) is -0.159. The maximum absolute atomic E-state index is 13.9. The van der Waals surface area contributed by atoms with Crippen LogP contribution in [0.5, 0.6) is 5.88 Å². The number of benzene rings is 1. The third-order valence-corrected chi connectivity index (χ3v) is 5.79. The molecule has 12 nitrogen and oxygen atoms in total. The SMILES string of the molecule is CC(=O)OC[C@H]1OC(Oc2n[nH]c(C(F)(F)F)c2Cc2ccc(C)cc2)[C@H](OC(C)=O)[C@@H](OC(C)=O)[C@@H]1OC(C)=O. The predicted octanol–water partition coefficient (Wildman–Crippen LogP) is 2.79. The summed E-state index contributed by atoms with van der Waals surface area (Å²) < 4.78 is 74.1. The monoisotopic (exact) mass is 586 g/mol. The second-order valence-corrected chi connectivity index (χ2v) is 9.23. The molecule has 5 atom stereocenters. The Kier molecular flexibility index (Phi) is 9.97. The van der Waals surface area contributed by atoms with Gasteiger partial charge in [0.1, 0.15) is 18.4 Å². The summed E-state index contributed by atoms with van der Waals surface area (Å²) >= 11 is 0. The molecule has 1 fully saturated rings. The fourth-order valence-corrected chi connectivity index (χ4v) is 4.15. The van der Waals surface area contributed by atoms with Crippen molar-refractivity contribution in [1.82, 2.24) is 10.2 Å². The van der Waals surface area contributed by atoms with Gasteiger partial charge in [0, 0.05) is 34.1 Å². The Morgan fingerprint density at radius 1 is 0.878 bits per heavy atom. The van der Waals surface area contributed by atoms with Crippen LogP contribution in [0, 0.1) is 6.92 Å². The summed E-state index contributed by atoms with van der Waals surface area (Å²) in [4.78, 5) is 47.4. The lowest BCUT2D eigenvalue weighted by molar-refractivity contribution is -0.289. The second kappa shape index (κ2) is 13.0. The van der Waals surface area contributed by atoms with Crippen molar-refractivity contribution in [2.24, 2.45) is 0 Å². The summed E-state index contributed by atoms with van der Waals surface area (Å²) in [5, 5.41) is 5.62. The van der Waals surface area contributed by atoms with Crippen LogP contribution in [0.25, 0.3) is 0 Å². The first kappa shape index (κ1) is 31.4. The molecule has 0 radical (unpaired) electrons. The van der Waals surface area contributed by atoms with E-state index in [0.29, 0.717) is 5.56 Å². The van der Waals surface area contributed by atoms with Crippen molar-refractivity contribution in [2.45, 2.75) is 77.9 Å². The molecule has 1 aromatic carbocycles. The quantitative estimate of drug-likeness (QED) is 0.341. The number of carbonyl (C=O) groups excluding carboxylic acids is 4. The molecule has 15 heteroatoms. The number of aromatic amines is 1. The van der Waals surface area contributed by atoms with Crippen LogP contribution in [0.3, 0.4) is 0 Å². The first-order chi connectivity index (χ1) is 19.1. The Hall–Kier alpha value is -4.14. The maximum Gasteiger partial charge on any atom is 0.433 e. The number of nitrogens with one attached hydrogen (secondary N) is 1. The zero-order chi connectivity index (χ0) is 30.5. The molecule has 1 aliphatic rings. The van der Waals surface area contributed by atoms with Gasteiger partial charge in [-0.3, -0.25) is 24.3 Å². The topological polar surface area (TPSA) is 152 Å². The highest BCUT2D eigenvalue weighted by atomic mass is 19.4. The lowest BCUT2D eigenvalue weighted by atomic mass is 9.98. The van der Waals surface area contributed by atoms with Crippen LogP contribution in [0.1, 0.15) is 50.1 Å². The minimum atomic E-state index is -4.84. The molecule has 224 valence electrons. The third kappa shape index (κ3) is 8.42. The number of ether oxygens (including phenoxy) is 6. The second-order valence-electron chi connectivity index (χ2n) is 9.23. The lowest BCUT2D eigenvalue weighted by Crippen LogP contribution is -2.63. The average Bonchev–Trinajstić information content (AvgIpc) is 3.24. The van der Waals surface area contributed by atoms with E-state index in [0.717, 1.165) is 33.3 Å². The smallest absolute Gasteiger partial charge is 0.433 e. The molecule has 1 aromatic heterocycles. The summed E-state index contributed by atoms with van der Waals surface area (Å²) in [6, 6.07) is 6.73. The van der Waals surface area contributed by atoms with Crippen LogP contribution < -0.4 is 4.74 Å². The Labute approximate surface area is 232 Å². The van der Waals surface area contributed by atoms with Gasteiger partial charge in [-0.05, 0) is 12.5 Å². The van der Waals surface area contributed by atoms with Gasteiger partial charge in [-0.25, -0.2) is 0 Å². The number of H-pyrrole nitrogens is 1. The normalized spacial score (nSPS) is 22.4. The Morgan fingerprint density at radius 2 is 1.44 bits per heavy atom. The van der Waals surface area contributed by atoms with E-state index in [1.165, 1.54) is 0 Å². The van der Waals surface area contributed by atoms with Gasteiger partial charge in [0.25, 0.3) is 0 Å². The number of aryl methyl sites for hydroxylation is 1. The van der Waals surface area contributed by atoms with Gasteiger partial charge in [-0.15, -0.1) is 5.10 Å². The first-order valence-electron chi connectivity index (χ1n) is 12.3. The zero-order valence-corrected chi connectivity index (χ0v) is 22.8. The molecule has 3 rings (SSSR count). The molecular weight excluding hydrogens is 557 g/mol. The van der Waals surface area contributed by atoms with Crippen molar-refractivity contribution in [3.05, 3.63) is 46.6 Å². The van der Waals surface area contributed by atoms with E-state index in [1.807, 2.05) is 12.0 Å². The Balaban J connectivity index is 2.07. The highest BCUT2D eigenvalue weighted by Gasteiger charge is 2.54. The van der Waals surface area contributed by atoms with Crippen LogP contribution in [-0.4, -0.2) is 71.4 Å². The number of esters is 4. The number of carbonyl (C=O) groups is 4. The van der Waals surface area contributed by atoms with Gasteiger partial charge in [-0.1, -0.05) is 29.8 Å². The van der Waals surface area contributed by atoms with Crippen molar-refractivity contribution >= 4 is 23.9 Å². The molecule has 0 spiro atoms. The number of hydrogen-bond acceptors (Lipinski definition) is 11. The minimum absolute atomic E-state index is 0.258. The summed E-state index contributed by atoms with van der Waals surface area (Å²) in [7, 11) is 0. The zero-order valence-electron chi connectivity index (χ0n) is 22.8. The molecular formula is C26H29F3N2O10. The van der Waals surface area contributed by atoms with Gasteiger partial charge < -0.3 is 28.4 Å². The van der Waals surface area contributed by atoms with E-state index in [4.69, 9.17) is 28.4 Å². The van der Waals surface area contributed by atoms with Crippen LogP contribution in [0.15, 0.2) is 24.3 Å². The highest BCUT2D eigenvalue weighted by Crippen LogP contribution is 2.37. The van der Waals surface area contributed by atoms with Gasteiger partial charge in [-0.2, -0.15) is 13.2 Å². The predicted molar refractivity (Wildman–Crippen MR) is 130 cm³/mol. The Bertz CT molecular complexity index is 1260. The maximum atomic E-state index is 13.9. The average molecular weight is 587 g/mol. The van der Waals surface area contributed by atoms with Crippen molar-refractivity contribution in [1.29, 1.82) is 0 Å². The van der Waals surface area contributed by atoms with E-state index in [9.17, 15) is 32.3 Å². The Morgan fingerprint density at radius 3 is 1.98 bits per heavy atom. The van der Waals surface area contributed by atoms with E-state index in [1.54, 1.807) is 24.3 Å². The van der Waals surface area contributed by atoms with Crippen molar-refractivity contribution < 1.29 is 60.8 Å². The van der Waals surface area contributed by atoms with Crippen molar-refractivity contribution in [2.75, 3.05) is 6.61 Å². The highest BCUT2D eigenvalue weighted by molar-refractivity contribution is 5.68. The molecule has 0 aliphatic carbocycles. The summed E-state index contributed by atoms with van der Waals surface area (Å²) in [6.45, 7) is 5.49. The number of rotatable bonds is 9. The summed E-state index contributed by atoms with van der Waals surface area (Å²) in [6.07, 6.45) is -12.9. The lowest BCUT2D eigenvalue weighted by Gasteiger charge is -2.43. The van der Waals surface area contributed by atoms with E-state index < -0.39 is 78.9 Å². The largest absolute Gasteiger partial charge is 0.463 e. The van der Waals surface area contributed by atoms with E-state index >= 15 is 0 Å². The molecule has 1 N–H and O–H groups in total. The van der Waals surface area contributed by atoms with Gasteiger partial charge in [0.15, 0.2) is 12.2 Å².